The molecule has 6 heteroatoms. The second kappa shape index (κ2) is 7.54. The van der Waals surface area contributed by atoms with Gasteiger partial charge in [0.05, 0.1) is 0 Å². The molecule has 0 N–H and O–H groups in total. The molecule has 0 saturated carbocycles. The van der Waals surface area contributed by atoms with E-state index >= 15 is 0 Å². The molecule has 4 nitrogen and oxygen atoms in total. The molecule has 1 fully saturated rings. The molecule has 0 atom stereocenters. The number of Topliss-reactive ketones (excluding diaryl/α,β-unsaturated/α-hetero) is 2. The number of benzene rings is 2. The molecule has 1 aliphatic rings. The predicted molar refractivity (Wildman–Crippen MR) is 109 cm³/mol. The normalized spacial score (nSPS) is 18.7. The Morgan fingerprint density at radius 3 is 2.21 bits per heavy atom. The van der Waals surface area contributed by atoms with Crippen molar-refractivity contribution in [1.82, 2.24) is 0 Å². The van der Waals surface area contributed by atoms with Crippen LogP contribution in [-0.2, 0) is 20.7 Å². The number of rotatable bonds is 4. The Balaban J connectivity index is 2.07. The second-order valence-corrected chi connectivity index (χ2v) is 8.61. The highest BCUT2D eigenvalue weighted by Crippen LogP contribution is 2.41. The van der Waals surface area contributed by atoms with Crippen LogP contribution in [0.1, 0.15) is 51.7 Å². The van der Waals surface area contributed by atoms with Gasteiger partial charge in [-0.25, -0.2) is 4.39 Å². The predicted octanol–water partition coefficient (Wildman–Crippen LogP) is 5.64. The van der Waals surface area contributed by atoms with Gasteiger partial charge in [-0.3, -0.25) is 9.59 Å². The zero-order valence-corrected chi connectivity index (χ0v) is 17.9. The summed E-state index contributed by atoms with van der Waals surface area (Å²) in [5, 5.41) is 0.264. The fourth-order valence-corrected chi connectivity index (χ4v) is 3.91. The van der Waals surface area contributed by atoms with E-state index in [0.29, 0.717) is 17.7 Å². The van der Waals surface area contributed by atoms with Crippen LogP contribution in [0.2, 0.25) is 5.02 Å². The standard InChI is InChI=1S/C23H24ClFO4/c1-6-13-7-9-15(28-18-10-8-14(24)11-17(18)25)12-16(13)19-20(26)22(2,3)29-23(4,5)21(19)27/h7-12,19H,6H2,1-5H3. The first-order chi connectivity index (χ1) is 13.5. The van der Waals surface area contributed by atoms with Gasteiger partial charge in [-0.15, -0.1) is 0 Å². The van der Waals surface area contributed by atoms with E-state index in [-0.39, 0.29) is 22.3 Å². The second-order valence-electron chi connectivity index (χ2n) is 8.18. The highest BCUT2D eigenvalue weighted by Gasteiger charge is 2.53. The summed E-state index contributed by atoms with van der Waals surface area (Å²) in [5.41, 5.74) is -0.786. The van der Waals surface area contributed by atoms with Gasteiger partial charge >= 0.3 is 0 Å². The lowest BCUT2D eigenvalue weighted by Gasteiger charge is -2.43. The van der Waals surface area contributed by atoms with Crippen LogP contribution in [0.3, 0.4) is 0 Å². The monoisotopic (exact) mass is 418 g/mol. The summed E-state index contributed by atoms with van der Waals surface area (Å²) in [4.78, 5) is 26.2. The van der Waals surface area contributed by atoms with Crippen LogP contribution >= 0.6 is 11.6 Å². The number of carbonyl (C=O) groups is 2. The minimum atomic E-state index is -1.10. The molecule has 0 aliphatic carbocycles. The van der Waals surface area contributed by atoms with Crippen LogP contribution < -0.4 is 4.74 Å². The zero-order valence-electron chi connectivity index (χ0n) is 17.1. The van der Waals surface area contributed by atoms with Crippen LogP contribution in [0.4, 0.5) is 4.39 Å². The van der Waals surface area contributed by atoms with Crippen LogP contribution in [0, 0.1) is 5.82 Å². The lowest BCUT2D eigenvalue weighted by atomic mass is 9.73. The topological polar surface area (TPSA) is 52.6 Å². The summed E-state index contributed by atoms with van der Waals surface area (Å²) < 4.78 is 25.6. The third kappa shape index (κ3) is 4.07. The van der Waals surface area contributed by atoms with Crippen molar-refractivity contribution in [3.63, 3.8) is 0 Å². The summed E-state index contributed by atoms with van der Waals surface area (Å²) in [6.45, 7) is 8.64. The third-order valence-electron chi connectivity index (χ3n) is 5.15. The summed E-state index contributed by atoms with van der Waals surface area (Å²) in [6, 6.07) is 9.26. The first-order valence-electron chi connectivity index (χ1n) is 9.51. The van der Waals surface area contributed by atoms with Gasteiger partial charge in [0.2, 0.25) is 0 Å². The van der Waals surface area contributed by atoms with E-state index < -0.39 is 22.9 Å². The van der Waals surface area contributed by atoms with E-state index in [1.54, 1.807) is 45.9 Å². The maximum absolute atomic E-state index is 14.1. The Hall–Kier alpha value is -2.24. The van der Waals surface area contributed by atoms with Crippen molar-refractivity contribution in [3.05, 3.63) is 58.4 Å². The molecule has 29 heavy (non-hydrogen) atoms. The van der Waals surface area contributed by atoms with Crippen molar-refractivity contribution in [1.29, 1.82) is 0 Å². The van der Waals surface area contributed by atoms with Gasteiger partial charge in [0.1, 0.15) is 22.9 Å². The van der Waals surface area contributed by atoms with Crippen molar-refractivity contribution in [2.75, 3.05) is 0 Å². The van der Waals surface area contributed by atoms with E-state index in [0.717, 1.165) is 11.6 Å². The molecule has 1 saturated heterocycles. The van der Waals surface area contributed by atoms with Crippen LogP contribution in [0.5, 0.6) is 11.5 Å². The molecule has 0 radical (unpaired) electrons. The molecule has 0 bridgehead atoms. The number of ketones is 2. The van der Waals surface area contributed by atoms with Gasteiger partial charge in [-0.05, 0) is 75.6 Å². The van der Waals surface area contributed by atoms with Crippen molar-refractivity contribution < 1.29 is 23.5 Å². The van der Waals surface area contributed by atoms with Gasteiger partial charge in [0.25, 0.3) is 0 Å². The number of carbonyl (C=O) groups excluding carboxylic acids is 2. The number of hydrogen-bond donors (Lipinski definition) is 0. The van der Waals surface area contributed by atoms with Gasteiger partial charge < -0.3 is 9.47 Å². The Labute approximate surface area is 175 Å². The van der Waals surface area contributed by atoms with E-state index in [1.807, 2.05) is 6.92 Å². The Bertz CT molecular complexity index is 955. The molecular weight excluding hydrogens is 395 g/mol. The molecule has 2 aromatic carbocycles. The number of halogens is 2. The smallest absolute Gasteiger partial charge is 0.179 e. The van der Waals surface area contributed by atoms with Gasteiger partial charge in [0, 0.05) is 5.02 Å². The quantitative estimate of drug-likeness (QED) is 0.602. The minimum Gasteiger partial charge on any atom is -0.454 e. The fourth-order valence-electron chi connectivity index (χ4n) is 3.75. The average Bonchev–Trinajstić information content (AvgIpc) is 2.62. The molecule has 0 spiro atoms. The van der Waals surface area contributed by atoms with Crippen molar-refractivity contribution in [2.24, 2.45) is 0 Å². The van der Waals surface area contributed by atoms with E-state index in [2.05, 4.69) is 0 Å². The van der Waals surface area contributed by atoms with Crippen molar-refractivity contribution >= 4 is 23.2 Å². The van der Waals surface area contributed by atoms with Crippen LogP contribution in [0.15, 0.2) is 36.4 Å². The number of aryl methyl sites for hydroxylation is 1. The average molecular weight is 419 g/mol. The summed E-state index contributed by atoms with van der Waals surface area (Å²) >= 11 is 5.79. The van der Waals surface area contributed by atoms with Crippen LogP contribution in [-0.4, -0.2) is 22.8 Å². The van der Waals surface area contributed by atoms with Gasteiger partial charge in [-0.1, -0.05) is 24.6 Å². The molecular formula is C23H24ClFO4. The summed E-state index contributed by atoms with van der Waals surface area (Å²) in [7, 11) is 0. The lowest BCUT2D eigenvalue weighted by molar-refractivity contribution is -0.184. The maximum Gasteiger partial charge on any atom is 0.179 e. The lowest BCUT2D eigenvalue weighted by Crippen LogP contribution is -2.58. The fraction of sp³-hybridized carbons (Fsp3) is 0.391. The maximum atomic E-state index is 14.1. The molecule has 3 rings (SSSR count). The Kier molecular flexibility index (Phi) is 5.58. The molecule has 0 amide bonds. The van der Waals surface area contributed by atoms with Crippen molar-refractivity contribution in [3.8, 4) is 11.5 Å². The Morgan fingerprint density at radius 2 is 1.66 bits per heavy atom. The number of ether oxygens (including phenoxy) is 2. The van der Waals surface area contributed by atoms with Crippen molar-refractivity contribution in [2.45, 2.75) is 58.2 Å². The minimum absolute atomic E-state index is 0.00916. The molecule has 1 heterocycles. The molecule has 1 aliphatic heterocycles. The first-order valence-corrected chi connectivity index (χ1v) is 9.88. The highest BCUT2D eigenvalue weighted by molar-refractivity contribution is 6.30. The third-order valence-corrected chi connectivity index (χ3v) is 5.39. The van der Waals surface area contributed by atoms with Crippen LogP contribution in [0.25, 0.3) is 0 Å². The molecule has 2 aromatic rings. The van der Waals surface area contributed by atoms with Gasteiger partial charge in [-0.2, -0.15) is 0 Å². The molecule has 154 valence electrons. The number of hydrogen-bond acceptors (Lipinski definition) is 4. The van der Waals surface area contributed by atoms with Gasteiger partial charge in [0.15, 0.2) is 23.1 Å². The molecule has 0 unspecified atom stereocenters. The summed E-state index contributed by atoms with van der Waals surface area (Å²) in [6.07, 6.45) is 0.629. The highest BCUT2D eigenvalue weighted by atomic mass is 35.5. The van der Waals surface area contributed by atoms with E-state index in [9.17, 15) is 14.0 Å². The zero-order chi connectivity index (χ0) is 21.6. The van der Waals surface area contributed by atoms with E-state index in [1.165, 1.54) is 12.1 Å². The largest absolute Gasteiger partial charge is 0.454 e. The SMILES string of the molecule is CCc1ccc(Oc2ccc(Cl)cc2F)cc1C1C(=O)C(C)(C)OC(C)(C)C1=O. The first kappa shape index (κ1) is 21.5. The molecule has 0 aromatic heterocycles. The Morgan fingerprint density at radius 1 is 1.03 bits per heavy atom. The van der Waals surface area contributed by atoms with E-state index in [4.69, 9.17) is 21.1 Å². The summed E-state index contributed by atoms with van der Waals surface area (Å²) in [5.74, 6) is -1.82.